The lowest BCUT2D eigenvalue weighted by atomic mass is 10.2. The van der Waals surface area contributed by atoms with Gasteiger partial charge in [-0.05, 0) is 45.0 Å². The molecule has 0 aromatic heterocycles. The molecule has 0 unspecified atom stereocenters. The molecular formula is C14H18ClNO4. The van der Waals surface area contributed by atoms with E-state index in [1.165, 1.54) is 12.0 Å². The highest BCUT2D eigenvalue weighted by Gasteiger charge is 2.25. The van der Waals surface area contributed by atoms with E-state index in [1.54, 1.807) is 45.0 Å². The summed E-state index contributed by atoms with van der Waals surface area (Å²) in [6.07, 6.45) is -0.620. The normalized spacial score (nSPS) is 10.8. The molecule has 0 heterocycles. The summed E-state index contributed by atoms with van der Waals surface area (Å²) in [7, 11) is 1.26. The maximum absolute atomic E-state index is 12.2. The third-order valence-electron chi connectivity index (χ3n) is 2.27. The Morgan fingerprint density at radius 1 is 1.20 bits per heavy atom. The molecule has 5 nitrogen and oxygen atoms in total. The van der Waals surface area contributed by atoms with Gasteiger partial charge in [0, 0.05) is 10.7 Å². The van der Waals surface area contributed by atoms with Crippen LogP contribution < -0.4 is 4.90 Å². The van der Waals surface area contributed by atoms with Gasteiger partial charge in [0.15, 0.2) is 0 Å². The molecule has 0 atom stereocenters. The molecule has 0 fully saturated rings. The second kappa shape index (κ2) is 6.61. The van der Waals surface area contributed by atoms with Crippen molar-refractivity contribution in [2.45, 2.75) is 26.4 Å². The molecule has 0 aliphatic carbocycles. The lowest BCUT2D eigenvalue weighted by Crippen LogP contribution is -2.40. The smallest absolute Gasteiger partial charge is 0.415 e. The van der Waals surface area contributed by atoms with Crippen LogP contribution >= 0.6 is 11.6 Å². The van der Waals surface area contributed by atoms with E-state index < -0.39 is 17.7 Å². The van der Waals surface area contributed by atoms with Crippen LogP contribution in [0.3, 0.4) is 0 Å². The van der Waals surface area contributed by atoms with Gasteiger partial charge in [-0.15, -0.1) is 0 Å². The summed E-state index contributed by atoms with van der Waals surface area (Å²) in [5.41, 5.74) is -0.147. The first-order valence-electron chi connectivity index (χ1n) is 6.06. The molecule has 1 aromatic carbocycles. The molecule has 20 heavy (non-hydrogen) atoms. The topological polar surface area (TPSA) is 55.8 Å². The van der Waals surface area contributed by atoms with Crippen LogP contribution in [0.1, 0.15) is 20.8 Å². The van der Waals surface area contributed by atoms with Gasteiger partial charge in [-0.25, -0.2) is 4.79 Å². The quantitative estimate of drug-likeness (QED) is 0.804. The number of rotatable bonds is 3. The maximum Gasteiger partial charge on any atom is 0.415 e. The minimum absolute atomic E-state index is 0.229. The minimum Gasteiger partial charge on any atom is -0.468 e. The number of halogens is 1. The van der Waals surface area contributed by atoms with Crippen LogP contribution in [-0.2, 0) is 14.3 Å². The summed E-state index contributed by atoms with van der Waals surface area (Å²) in [6, 6.07) is 6.53. The average molecular weight is 300 g/mol. The second-order valence-electron chi connectivity index (χ2n) is 5.12. The van der Waals surface area contributed by atoms with Gasteiger partial charge in [0.05, 0.1) is 7.11 Å². The highest BCUT2D eigenvalue weighted by atomic mass is 35.5. The van der Waals surface area contributed by atoms with Crippen LogP contribution in [0.25, 0.3) is 0 Å². The predicted octanol–water partition coefficient (Wildman–Crippen LogP) is 3.25. The number of esters is 1. The fraction of sp³-hybridized carbons (Fsp3) is 0.429. The molecule has 1 aromatic rings. The first-order valence-corrected chi connectivity index (χ1v) is 6.43. The van der Waals surface area contributed by atoms with Gasteiger partial charge in [-0.3, -0.25) is 9.69 Å². The minimum atomic E-state index is -0.655. The standard InChI is InChI=1S/C14H18ClNO4/c1-14(2,3)20-13(18)16(9-12(17)19-4)11-7-5-10(15)6-8-11/h5-8H,9H2,1-4H3. The number of hydrogen-bond donors (Lipinski definition) is 0. The van der Waals surface area contributed by atoms with Gasteiger partial charge in [-0.2, -0.15) is 0 Å². The zero-order valence-electron chi connectivity index (χ0n) is 12.0. The summed E-state index contributed by atoms with van der Waals surface area (Å²) in [6.45, 7) is 5.03. The van der Waals surface area contributed by atoms with Crippen molar-refractivity contribution in [3.05, 3.63) is 29.3 Å². The van der Waals surface area contributed by atoms with Crippen LogP contribution in [0.5, 0.6) is 0 Å². The van der Waals surface area contributed by atoms with Crippen LogP contribution in [0, 0.1) is 0 Å². The number of amides is 1. The van der Waals surface area contributed by atoms with Crippen molar-refractivity contribution in [1.82, 2.24) is 0 Å². The highest BCUT2D eigenvalue weighted by molar-refractivity contribution is 6.30. The van der Waals surface area contributed by atoms with Crippen molar-refractivity contribution in [2.75, 3.05) is 18.6 Å². The number of ether oxygens (including phenoxy) is 2. The second-order valence-corrected chi connectivity index (χ2v) is 5.56. The molecule has 1 amide bonds. The molecule has 110 valence electrons. The number of nitrogens with zero attached hydrogens (tertiary/aromatic N) is 1. The fourth-order valence-electron chi connectivity index (χ4n) is 1.39. The highest BCUT2D eigenvalue weighted by Crippen LogP contribution is 2.20. The number of hydrogen-bond acceptors (Lipinski definition) is 4. The molecule has 1 rings (SSSR count). The molecule has 0 bridgehead atoms. The van der Waals surface area contributed by atoms with E-state index in [9.17, 15) is 9.59 Å². The summed E-state index contributed by atoms with van der Waals surface area (Å²) in [4.78, 5) is 24.8. The largest absolute Gasteiger partial charge is 0.468 e. The van der Waals surface area contributed by atoms with Crippen LogP contribution in [0.15, 0.2) is 24.3 Å². The van der Waals surface area contributed by atoms with E-state index in [0.717, 1.165) is 0 Å². The monoisotopic (exact) mass is 299 g/mol. The first kappa shape index (κ1) is 16.3. The van der Waals surface area contributed by atoms with Crippen LogP contribution in [0.4, 0.5) is 10.5 Å². The van der Waals surface area contributed by atoms with E-state index in [1.807, 2.05) is 0 Å². The van der Waals surface area contributed by atoms with Crippen molar-refractivity contribution < 1.29 is 19.1 Å². The van der Waals surface area contributed by atoms with Crippen molar-refractivity contribution in [1.29, 1.82) is 0 Å². The summed E-state index contributed by atoms with van der Waals surface area (Å²) < 4.78 is 9.87. The molecule has 0 radical (unpaired) electrons. The van der Waals surface area contributed by atoms with Gasteiger partial charge in [0.1, 0.15) is 12.1 Å². The first-order chi connectivity index (χ1) is 9.23. The van der Waals surface area contributed by atoms with Crippen molar-refractivity contribution in [3.63, 3.8) is 0 Å². The number of benzene rings is 1. The molecule has 0 spiro atoms. The van der Waals surface area contributed by atoms with Gasteiger partial charge in [0.2, 0.25) is 0 Å². The average Bonchev–Trinajstić information content (AvgIpc) is 2.34. The molecule has 0 saturated heterocycles. The van der Waals surface area contributed by atoms with Crippen molar-refractivity contribution in [3.8, 4) is 0 Å². The molecule has 6 heteroatoms. The Bertz CT molecular complexity index is 479. The van der Waals surface area contributed by atoms with Crippen LogP contribution in [0.2, 0.25) is 5.02 Å². The fourth-order valence-corrected chi connectivity index (χ4v) is 1.52. The van der Waals surface area contributed by atoms with Gasteiger partial charge in [0.25, 0.3) is 0 Å². The summed E-state index contributed by atoms with van der Waals surface area (Å²) in [5, 5.41) is 0.538. The Kier molecular flexibility index (Phi) is 5.39. The molecular weight excluding hydrogens is 282 g/mol. The van der Waals surface area contributed by atoms with E-state index in [-0.39, 0.29) is 6.54 Å². The number of carbonyl (C=O) groups is 2. The van der Waals surface area contributed by atoms with Crippen molar-refractivity contribution in [2.24, 2.45) is 0 Å². The zero-order chi connectivity index (χ0) is 15.3. The number of methoxy groups -OCH3 is 1. The Balaban J connectivity index is 2.98. The lowest BCUT2D eigenvalue weighted by molar-refractivity contribution is -0.139. The number of carbonyl (C=O) groups excluding carboxylic acids is 2. The van der Waals surface area contributed by atoms with Crippen molar-refractivity contribution >= 4 is 29.4 Å². The van der Waals surface area contributed by atoms with Crippen LogP contribution in [-0.4, -0.2) is 31.3 Å². The summed E-state index contributed by atoms with van der Waals surface area (Å²) >= 11 is 5.81. The Labute approximate surface area is 123 Å². The lowest BCUT2D eigenvalue weighted by Gasteiger charge is -2.26. The number of anilines is 1. The van der Waals surface area contributed by atoms with E-state index in [2.05, 4.69) is 4.74 Å². The van der Waals surface area contributed by atoms with Gasteiger partial charge in [-0.1, -0.05) is 11.6 Å². The Morgan fingerprint density at radius 2 is 1.75 bits per heavy atom. The Morgan fingerprint density at radius 3 is 2.20 bits per heavy atom. The molecule has 0 saturated carbocycles. The molecule has 0 aliphatic heterocycles. The third kappa shape index (κ3) is 5.09. The maximum atomic E-state index is 12.2. The third-order valence-corrected chi connectivity index (χ3v) is 2.52. The zero-order valence-corrected chi connectivity index (χ0v) is 12.7. The van der Waals surface area contributed by atoms with Gasteiger partial charge < -0.3 is 9.47 Å². The van der Waals surface area contributed by atoms with E-state index in [0.29, 0.717) is 10.7 Å². The Hall–Kier alpha value is -1.75. The van der Waals surface area contributed by atoms with E-state index >= 15 is 0 Å². The van der Waals surface area contributed by atoms with Gasteiger partial charge >= 0.3 is 12.1 Å². The SMILES string of the molecule is COC(=O)CN(C(=O)OC(C)(C)C)c1ccc(Cl)cc1. The molecule has 0 N–H and O–H groups in total. The molecule has 0 aliphatic rings. The predicted molar refractivity (Wildman–Crippen MR) is 77.0 cm³/mol. The van der Waals surface area contributed by atoms with E-state index in [4.69, 9.17) is 16.3 Å². The summed E-state index contributed by atoms with van der Waals surface area (Å²) in [5.74, 6) is -0.536.